The van der Waals surface area contributed by atoms with E-state index in [9.17, 15) is 9.59 Å². The summed E-state index contributed by atoms with van der Waals surface area (Å²) in [6.45, 7) is 3.75. The number of aromatic nitrogens is 2. The van der Waals surface area contributed by atoms with Gasteiger partial charge in [0.2, 0.25) is 0 Å². The standard InChI is InChI=1S/C23H19BrN2O4/c1-13-19(14(2)30-25-13)12-26-21(23(28)29-3)20(15-7-5-4-6-8-15)18-11-16(24)9-10-17(18)22(26)27/h4-11H,12H2,1-3H3. The molecule has 0 unspecified atom stereocenters. The van der Waals surface area contributed by atoms with Gasteiger partial charge in [0, 0.05) is 21.0 Å². The number of ether oxygens (including phenoxy) is 1. The summed E-state index contributed by atoms with van der Waals surface area (Å²) in [5.41, 5.74) is 2.81. The Hall–Kier alpha value is -3.19. The molecule has 0 spiro atoms. The van der Waals surface area contributed by atoms with Crippen molar-refractivity contribution in [3.63, 3.8) is 0 Å². The summed E-state index contributed by atoms with van der Waals surface area (Å²) in [5.74, 6) is 0.0203. The Morgan fingerprint density at radius 1 is 1.13 bits per heavy atom. The summed E-state index contributed by atoms with van der Waals surface area (Å²) >= 11 is 3.48. The van der Waals surface area contributed by atoms with E-state index in [1.807, 2.05) is 49.4 Å². The van der Waals surface area contributed by atoms with Crippen molar-refractivity contribution in [1.82, 2.24) is 9.72 Å². The predicted molar refractivity (Wildman–Crippen MR) is 118 cm³/mol. The third-order valence-electron chi connectivity index (χ3n) is 5.17. The number of esters is 1. The van der Waals surface area contributed by atoms with Crippen molar-refractivity contribution in [1.29, 1.82) is 0 Å². The first-order chi connectivity index (χ1) is 14.4. The maximum Gasteiger partial charge on any atom is 0.355 e. The molecule has 4 aromatic rings. The lowest BCUT2D eigenvalue weighted by Gasteiger charge is -2.19. The molecule has 4 rings (SSSR count). The molecule has 30 heavy (non-hydrogen) atoms. The van der Waals surface area contributed by atoms with Crippen molar-refractivity contribution in [2.45, 2.75) is 20.4 Å². The van der Waals surface area contributed by atoms with E-state index in [1.54, 1.807) is 13.0 Å². The van der Waals surface area contributed by atoms with E-state index in [0.29, 0.717) is 27.8 Å². The normalized spacial score (nSPS) is 11.1. The Morgan fingerprint density at radius 3 is 2.50 bits per heavy atom. The van der Waals surface area contributed by atoms with Crippen molar-refractivity contribution in [2.24, 2.45) is 0 Å². The molecule has 7 heteroatoms. The second-order valence-electron chi connectivity index (χ2n) is 6.97. The topological polar surface area (TPSA) is 74.3 Å². The number of hydrogen-bond acceptors (Lipinski definition) is 5. The van der Waals surface area contributed by atoms with Crippen LogP contribution in [0, 0.1) is 13.8 Å². The quantitative estimate of drug-likeness (QED) is 0.401. The zero-order valence-electron chi connectivity index (χ0n) is 16.7. The van der Waals surface area contributed by atoms with Crippen LogP contribution in [0.5, 0.6) is 0 Å². The highest BCUT2D eigenvalue weighted by atomic mass is 79.9. The first-order valence-electron chi connectivity index (χ1n) is 9.34. The first-order valence-corrected chi connectivity index (χ1v) is 10.1. The summed E-state index contributed by atoms with van der Waals surface area (Å²) in [5, 5.41) is 5.17. The van der Waals surface area contributed by atoms with Crippen molar-refractivity contribution < 1.29 is 14.1 Å². The van der Waals surface area contributed by atoms with Crippen LogP contribution in [0.1, 0.15) is 27.5 Å². The number of hydrogen-bond donors (Lipinski definition) is 0. The van der Waals surface area contributed by atoms with Crippen LogP contribution in [0.15, 0.2) is 62.3 Å². The Bertz CT molecular complexity index is 1300. The molecule has 2 aromatic carbocycles. The van der Waals surface area contributed by atoms with Crippen LogP contribution in [-0.4, -0.2) is 22.8 Å². The van der Waals surface area contributed by atoms with E-state index in [2.05, 4.69) is 21.1 Å². The molecule has 6 nitrogen and oxygen atoms in total. The lowest BCUT2D eigenvalue weighted by atomic mass is 9.96. The highest BCUT2D eigenvalue weighted by Gasteiger charge is 2.25. The lowest BCUT2D eigenvalue weighted by Crippen LogP contribution is -2.29. The molecule has 0 fully saturated rings. The van der Waals surface area contributed by atoms with Gasteiger partial charge in [-0.2, -0.15) is 0 Å². The van der Waals surface area contributed by atoms with Crippen molar-refractivity contribution in [2.75, 3.05) is 7.11 Å². The van der Waals surface area contributed by atoms with Crippen LogP contribution in [-0.2, 0) is 11.3 Å². The number of carbonyl (C=O) groups is 1. The van der Waals surface area contributed by atoms with Crippen LogP contribution >= 0.6 is 15.9 Å². The Kier molecular flexibility index (Phi) is 5.30. The van der Waals surface area contributed by atoms with E-state index >= 15 is 0 Å². The SMILES string of the molecule is COC(=O)c1c(-c2ccccc2)c2cc(Br)ccc2c(=O)n1Cc1c(C)noc1C. The Balaban J connectivity index is 2.16. The van der Waals surface area contributed by atoms with Crippen LogP contribution in [0.25, 0.3) is 21.9 Å². The predicted octanol–water partition coefficient (Wildman–Crippen LogP) is 4.87. The fourth-order valence-electron chi connectivity index (χ4n) is 3.66. The van der Waals surface area contributed by atoms with Crippen LogP contribution < -0.4 is 5.56 Å². The summed E-state index contributed by atoms with van der Waals surface area (Å²) < 4.78 is 12.6. The van der Waals surface area contributed by atoms with Gasteiger partial charge in [-0.15, -0.1) is 0 Å². The molecule has 2 heterocycles. The van der Waals surface area contributed by atoms with Crippen molar-refractivity contribution >= 4 is 32.7 Å². The van der Waals surface area contributed by atoms with Crippen LogP contribution in [0.3, 0.4) is 0 Å². The fourth-order valence-corrected chi connectivity index (χ4v) is 4.02. The number of fused-ring (bicyclic) bond motifs is 1. The molecular formula is C23H19BrN2O4. The molecular weight excluding hydrogens is 448 g/mol. The Morgan fingerprint density at radius 2 is 1.87 bits per heavy atom. The van der Waals surface area contributed by atoms with Gasteiger partial charge in [0.1, 0.15) is 11.5 Å². The van der Waals surface area contributed by atoms with E-state index in [-0.39, 0.29) is 17.8 Å². The number of aryl methyl sites for hydroxylation is 2. The summed E-state index contributed by atoms with van der Waals surface area (Å²) in [6, 6.07) is 14.9. The minimum Gasteiger partial charge on any atom is -0.464 e. The molecule has 0 aliphatic carbocycles. The fraction of sp³-hybridized carbons (Fsp3) is 0.174. The number of carbonyl (C=O) groups excluding carboxylic acids is 1. The maximum atomic E-state index is 13.5. The van der Waals surface area contributed by atoms with Crippen LogP contribution in [0.4, 0.5) is 0 Å². The van der Waals surface area contributed by atoms with Gasteiger partial charge in [-0.1, -0.05) is 51.4 Å². The third-order valence-corrected chi connectivity index (χ3v) is 5.67. The molecule has 0 bridgehead atoms. The Labute approximate surface area is 181 Å². The van der Waals surface area contributed by atoms with Gasteiger partial charge in [0.25, 0.3) is 5.56 Å². The monoisotopic (exact) mass is 466 g/mol. The second kappa shape index (κ2) is 7.91. The molecule has 0 aliphatic heterocycles. The smallest absolute Gasteiger partial charge is 0.355 e. The zero-order chi connectivity index (χ0) is 21.4. The molecule has 0 radical (unpaired) electrons. The largest absolute Gasteiger partial charge is 0.464 e. The van der Waals surface area contributed by atoms with E-state index in [0.717, 1.165) is 15.6 Å². The maximum absolute atomic E-state index is 13.5. The van der Waals surface area contributed by atoms with Gasteiger partial charge in [-0.25, -0.2) is 4.79 Å². The van der Waals surface area contributed by atoms with E-state index < -0.39 is 5.97 Å². The number of methoxy groups -OCH3 is 1. The van der Waals surface area contributed by atoms with E-state index in [4.69, 9.17) is 9.26 Å². The minimum absolute atomic E-state index is 0.149. The number of halogens is 1. The molecule has 0 atom stereocenters. The number of benzene rings is 2. The highest BCUT2D eigenvalue weighted by Crippen LogP contribution is 2.33. The first kappa shape index (κ1) is 20.1. The van der Waals surface area contributed by atoms with Crippen molar-refractivity contribution in [3.8, 4) is 11.1 Å². The van der Waals surface area contributed by atoms with Crippen molar-refractivity contribution in [3.05, 3.63) is 86.1 Å². The van der Waals surface area contributed by atoms with Gasteiger partial charge in [0.15, 0.2) is 0 Å². The van der Waals surface area contributed by atoms with Gasteiger partial charge in [-0.05, 0) is 43.0 Å². The molecule has 0 amide bonds. The van der Waals surface area contributed by atoms with E-state index in [1.165, 1.54) is 11.7 Å². The number of rotatable bonds is 4. The van der Waals surface area contributed by atoms with Gasteiger partial charge in [-0.3, -0.25) is 9.36 Å². The van der Waals surface area contributed by atoms with Crippen LogP contribution in [0.2, 0.25) is 0 Å². The van der Waals surface area contributed by atoms with Gasteiger partial charge >= 0.3 is 5.97 Å². The van der Waals surface area contributed by atoms with Gasteiger partial charge < -0.3 is 9.26 Å². The number of nitrogens with zero attached hydrogens (tertiary/aromatic N) is 2. The third kappa shape index (κ3) is 3.35. The molecule has 0 aliphatic rings. The second-order valence-corrected chi connectivity index (χ2v) is 7.88. The molecule has 152 valence electrons. The molecule has 0 saturated heterocycles. The number of pyridine rings is 1. The zero-order valence-corrected chi connectivity index (χ0v) is 18.3. The molecule has 2 aromatic heterocycles. The average Bonchev–Trinajstić information content (AvgIpc) is 3.07. The molecule has 0 N–H and O–H groups in total. The summed E-state index contributed by atoms with van der Waals surface area (Å²) in [6.07, 6.45) is 0. The summed E-state index contributed by atoms with van der Waals surface area (Å²) in [4.78, 5) is 26.5. The summed E-state index contributed by atoms with van der Waals surface area (Å²) in [7, 11) is 1.31. The highest BCUT2D eigenvalue weighted by molar-refractivity contribution is 9.10. The average molecular weight is 467 g/mol. The van der Waals surface area contributed by atoms with Gasteiger partial charge in [0.05, 0.1) is 19.3 Å². The lowest BCUT2D eigenvalue weighted by molar-refractivity contribution is 0.0588. The molecule has 0 saturated carbocycles. The minimum atomic E-state index is -0.584.